The van der Waals surface area contributed by atoms with Crippen LogP contribution in [0.4, 0.5) is 0 Å². The Bertz CT molecular complexity index is 573. The van der Waals surface area contributed by atoms with E-state index in [2.05, 4.69) is 5.32 Å². The molecule has 2 N–H and O–H groups in total. The molecule has 1 aromatic carbocycles. The molecule has 1 fully saturated rings. The quantitative estimate of drug-likeness (QED) is 0.871. The van der Waals surface area contributed by atoms with E-state index in [-0.39, 0.29) is 23.1 Å². The molecule has 1 unspecified atom stereocenters. The third-order valence-corrected chi connectivity index (χ3v) is 3.97. The van der Waals surface area contributed by atoms with E-state index < -0.39 is 5.41 Å². The van der Waals surface area contributed by atoms with Gasteiger partial charge in [0.05, 0.1) is 18.1 Å². The lowest BCUT2D eigenvalue weighted by molar-refractivity contribution is -0.128. The maximum absolute atomic E-state index is 12.5. The molecule has 0 radical (unpaired) electrons. The fourth-order valence-corrected chi connectivity index (χ4v) is 2.61. The highest BCUT2D eigenvalue weighted by atomic mass is 16.5. The Morgan fingerprint density at radius 2 is 2.14 bits per heavy atom. The monoisotopic (exact) mass is 292 g/mol. The van der Waals surface area contributed by atoms with E-state index in [1.165, 1.54) is 19.2 Å². The van der Waals surface area contributed by atoms with E-state index in [0.29, 0.717) is 25.3 Å². The molecule has 6 heteroatoms. The number of nitrogens with one attached hydrogen (secondary N) is 1. The number of methoxy groups -OCH3 is 1. The van der Waals surface area contributed by atoms with Crippen molar-refractivity contribution in [2.24, 2.45) is 5.41 Å². The number of amides is 2. The Hall–Kier alpha value is -2.24. The zero-order chi connectivity index (χ0) is 15.6. The summed E-state index contributed by atoms with van der Waals surface area (Å²) in [4.78, 5) is 25.9. The summed E-state index contributed by atoms with van der Waals surface area (Å²) < 4.78 is 5.00. The molecular formula is C15H20N2O4. The van der Waals surface area contributed by atoms with E-state index in [1.807, 2.05) is 6.92 Å². The van der Waals surface area contributed by atoms with Gasteiger partial charge in [-0.3, -0.25) is 9.59 Å². The molecule has 6 nitrogen and oxygen atoms in total. The van der Waals surface area contributed by atoms with Crippen molar-refractivity contribution in [3.05, 3.63) is 23.8 Å². The summed E-state index contributed by atoms with van der Waals surface area (Å²) in [5, 5.41) is 12.6. The highest BCUT2D eigenvalue weighted by molar-refractivity contribution is 5.98. The van der Waals surface area contributed by atoms with Gasteiger partial charge in [-0.05, 0) is 25.5 Å². The minimum absolute atomic E-state index is 0.0725. The van der Waals surface area contributed by atoms with Gasteiger partial charge in [-0.15, -0.1) is 0 Å². The lowest BCUT2D eigenvalue weighted by atomic mass is 9.89. The Kier molecular flexibility index (Phi) is 4.06. The minimum atomic E-state index is -0.577. The maximum atomic E-state index is 12.5. The summed E-state index contributed by atoms with van der Waals surface area (Å²) in [5.41, 5.74) is -0.357. The molecule has 0 aliphatic carbocycles. The van der Waals surface area contributed by atoms with Gasteiger partial charge in [0, 0.05) is 26.2 Å². The standard InChI is InChI=1S/C15H20N2O4/c1-15(14(20)16-2)6-7-17(9-15)13(19)11-5-4-10(21-3)8-12(11)18/h4-5,8,18H,6-7,9H2,1-3H3,(H,16,20). The van der Waals surface area contributed by atoms with Crippen LogP contribution in [0.15, 0.2) is 18.2 Å². The van der Waals surface area contributed by atoms with Crippen LogP contribution in [0.25, 0.3) is 0 Å². The van der Waals surface area contributed by atoms with Gasteiger partial charge in [-0.25, -0.2) is 0 Å². The molecule has 1 atom stereocenters. The molecule has 2 rings (SSSR count). The number of hydrogen-bond donors (Lipinski definition) is 2. The second-order valence-electron chi connectivity index (χ2n) is 5.50. The SMILES string of the molecule is CNC(=O)C1(C)CCN(C(=O)c2ccc(OC)cc2O)C1. The van der Waals surface area contributed by atoms with Crippen LogP contribution in [0.2, 0.25) is 0 Å². The summed E-state index contributed by atoms with van der Waals surface area (Å²) in [6.45, 7) is 2.68. The average molecular weight is 292 g/mol. The van der Waals surface area contributed by atoms with E-state index >= 15 is 0 Å². The molecule has 1 heterocycles. The number of phenolic OH excluding ortho intramolecular Hbond substituents is 1. The van der Waals surface area contributed by atoms with Crippen molar-refractivity contribution in [3.63, 3.8) is 0 Å². The minimum Gasteiger partial charge on any atom is -0.507 e. The number of carbonyl (C=O) groups is 2. The van der Waals surface area contributed by atoms with E-state index in [1.54, 1.807) is 18.0 Å². The van der Waals surface area contributed by atoms with Crippen molar-refractivity contribution >= 4 is 11.8 Å². The van der Waals surface area contributed by atoms with Gasteiger partial charge in [-0.1, -0.05) is 0 Å². The molecule has 0 saturated carbocycles. The number of benzene rings is 1. The third-order valence-electron chi connectivity index (χ3n) is 3.97. The number of aromatic hydroxyl groups is 1. The first kappa shape index (κ1) is 15.2. The van der Waals surface area contributed by atoms with Crippen molar-refractivity contribution in [1.29, 1.82) is 0 Å². The van der Waals surface area contributed by atoms with Gasteiger partial charge in [0.1, 0.15) is 11.5 Å². The molecular weight excluding hydrogens is 272 g/mol. The first-order valence-corrected chi connectivity index (χ1v) is 6.80. The number of ether oxygens (including phenoxy) is 1. The fourth-order valence-electron chi connectivity index (χ4n) is 2.61. The summed E-state index contributed by atoms with van der Waals surface area (Å²) in [6.07, 6.45) is 0.606. The lowest BCUT2D eigenvalue weighted by Crippen LogP contribution is -2.40. The number of hydrogen-bond acceptors (Lipinski definition) is 4. The van der Waals surface area contributed by atoms with Crippen LogP contribution in [0.5, 0.6) is 11.5 Å². The van der Waals surface area contributed by atoms with E-state index in [4.69, 9.17) is 4.74 Å². The van der Waals surface area contributed by atoms with Crippen molar-refractivity contribution in [1.82, 2.24) is 10.2 Å². The number of rotatable bonds is 3. The van der Waals surface area contributed by atoms with Crippen LogP contribution < -0.4 is 10.1 Å². The van der Waals surface area contributed by atoms with Crippen LogP contribution >= 0.6 is 0 Å². The maximum Gasteiger partial charge on any atom is 0.257 e. The Morgan fingerprint density at radius 3 is 2.71 bits per heavy atom. The summed E-state index contributed by atoms with van der Waals surface area (Å²) in [7, 11) is 3.08. The number of carbonyl (C=O) groups excluding carboxylic acids is 2. The van der Waals surface area contributed by atoms with E-state index in [9.17, 15) is 14.7 Å². The van der Waals surface area contributed by atoms with Gasteiger partial charge < -0.3 is 20.1 Å². The van der Waals surface area contributed by atoms with Crippen molar-refractivity contribution in [3.8, 4) is 11.5 Å². The Labute approximate surface area is 123 Å². The first-order chi connectivity index (χ1) is 9.91. The second-order valence-corrected chi connectivity index (χ2v) is 5.50. The van der Waals surface area contributed by atoms with Crippen LogP contribution in [-0.2, 0) is 4.79 Å². The highest BCUT2D eigenvalue weighted by Crippen LogP contribution is 2.32. The molecule has 1 aromatic rings. The van der Waals surface area contributed by atoms with Crippen LogP contribution in [0.1, 0.15) is 23.7 Å². The highest BCUT2D eigenvalue weighted by Gasteiger charge is 2.41. The lowest BCUT2D eigenvalue weighted by Gasteiger charge is -2.23. The largest absolute Gasteiger partial charge is 0.507 e. The Morgan fingerprint density at radius 1 is 1.43 bits per heavy atom. The predicted molar refractivity (Wildman–Crippen MR) is 77.4 cm³/mol. The first-order valence-electron chi connectivity index (χ1n) is 6.80. The topological polar surface area (TPSA) is 78.9 Å². The van der Waals surface area contributed by atoms with Crippen molar-refractivity contribution in [2.45, 2.75) is 13.3 Å². The van der Waals surface area contributed by atoms with Gasteiger partial charge in [0.25, 0.3) is 5.91 Å². The number of nitrogens with zero attached hydrogens (tertiary/aromatic N) is 1. The molecule has 1 aliphatic rings. The van der Waals surface area contributed by atoms with Gasteiger partial charge >= 0.3 is 0 Å². The zero-order valence-electron chi connectivity index (χ0n) is 12.5. The number of likely N-dealkylation sites (tertiary alicyclic amines) is 1. The number of phenols is 1. The van der Waals surface area contributed by atoms with Gasteiger partial charge in [0.2, 0.25) is 5.91 Å². The predicted octanol–water partition coefficient (Wildman–Crippen LogP) is 0.999. The second kappa shape index (κ2) is 5.63. The molecule has 1 aliphatic heterocycles. The summed E-state index contributed by atoms with van der Waals surface area (Å²) >= 11 is 0. The smallest absolute Gasteiger partial charge is 0.257 e. The van der Waals surface area contributed by atoms with Crippen molar-refractivity contribution < 1.29 is 19.4 Å². The summed E-state index contributed by atoms with van der Waals surface area (Å²) in [5.74, 6) is 0.0214. The summed E-state index contributed by atoms with van der Waals surface area (Å²) in [6, 6.07) is 4.56. The van der Waals surface area contributed by atoms with Crippen molar-refractivity contribution in [2.75, 3.05) is 27.2 Å². The van der Waals surface area contributed by atoms with Gasteiger partial charge in [-0.2, -0.15) is 0 Å². The molecule has 2 amide bonds. The van der Waals surface area contributed by atoms with Crippen LogP contribution in [-0.4, -0.2) is 49.1 Å². The molecule has 0 bridgehead atoms. The van der Waals surface area contributed by atoms with Crippen LogP contribution in [0, 0.1) is 5.41 Å². The fraction of sp³-hybridized carbons (Fsp3) is 0.467. The molecule has 21 heavy (non-hydrogen) atoms. The van der Waals surface area contributed by atoms with Crippen LogP contribution in [0.3, 0.4) is 0 Å². The Balaban J connectivity index is 2.17. The zero-order valence-corrected chi connectivity index (χ0v) is 12.5. The molecule has 1 saturated heterocycles. The average Bonchev–Trinajstić information content (AvgIpc) is 2.89. The molecule has 0 aromatic heterocycles. The van der Waals surface area contributed by atoms with E-state index in [0.717, 1.165) is 0 Å². The molecule has 114 valence electrons. The normalized spacial score (nSPS) is 21.2. The van der Waals surface area contributed by atoms with Gasteiger partial charge in [0.15, 0.2) is 0 Å². The third kappa shape index (κ3) is 2.79. The molecule has 0 spiro atoms.